The lowest BCUT2D eigenvalue weighted by atomic mass is 10.1. The maximum absolute atomic E-state index is 13.0. The number of benzene rings is 2. The van der Waals surface area contributed by atoms with Crippen LogP contribution in [0, 0.1) is 0 Å². The number of sulfonamides is 1. The first-order valence-corrected chi connectivity index (χ1v) is 14.0. The number of hydrogen-bond donors (Lipinski definition) is 1. The van der Waals surface area contributed by atoms with Crippen LogP contribution < -0.4 is 5.32 Å². The lowest BCUT2D eigenvalue weighted by molar-refractivity contribution is 0.102. The first kappa shape index (κ1) is 28.8. The van der Waals surface area contributed by atoms with Crippen molar-refractivity contribution in [3.63, 3.8) is 0 Å². The molecule has 0 saturated heterocycles. The summed E-state index contributed by atoms with van der Waals surface area (Å²) in [6.45, 7) is 5.16. The van der Waals surface area contributed by atoms with Crippen LogP contribution in [0.25, 0.3) is 0 Å². The molecule has 0 saturated carbocycles. The Labute approximate surface area is 221 Å². The summed E-state index contributed by atoms with van der Waals surface area (Å²) in [5.41, 5.74) is 1.26. The Kier molecular flexibility index (Phi) is 10.6. The number of nitrogens with one attached hydrogen (secondary N) is 1. The van der Waals surface area contributed by atoms with Gasteiger partial charge in [-0.2, -0.15) is 4.31 Å². The van der Waals surface area contributed by atoms with Gasteiger partial charge in [0.1, 0.15) is 0 Å². The van der Waals surface area contributed by atoms with Crippen LogP contribution in [0.2, 0.25) is 0 Å². The van der Waals surface area contributed by atoms with Crippen molar-refractivity contribution in [3.05, 3.63) is 65.5 Å². The number of hydrogen-bond acceptors (Lipinski definition) is 9. The molecular weight excluding hydrogens is 516 g/mol. The van der Waals surface area contributed by atoms with Gasteiger partial charge in [0.05, 0.1) is 24.5 Å². The summed E-state index contributed by atoms with van der Waals surface area (Å²) in [6.07, 6.45) is 0.435. The van der Waals surface area contributed by atoms with Gasteiger partial charge in [0.2, 0.25) is 15.9 Å². The van der Waals surface area contributed by atoms with Crippen molar-refractivity contribution in [2.24, 2.45) is 0 Å². The molecule has 1 amide bonds. The van der Waals surface area contributed by atoms with E-state index in [1.165, 1.54) is 47.7 Å². The highest BCUT2D eigenvalue weighted by Crippen LogP contribution is 2.24. The molecule has 0 fully saturated rings. The van der Waals surface area contributed by atoms with Crippen molar-refractivity contribution in [3.8, 4) is 0 Å². The van der Waals surface area contributed by atoms with Crippen LogP contribution in [0.5, 0.6) is 0 Å². The van der Waals surface area contributed by atoms with Crippen molar-refractivity contribution < 1.29 is 27.1 Å². The van der Waals surface area contributed by atoms with E-state index in [1.807, 2.05) is 12.1 Å². The number of carbonyl (C=O) groups excluding carboxylic acids is 1. The first-order chi connectivity index (χ1) is 17.7. The highest BCUT2D eigenvalue weighted by atomic mass is 32.2. The number of amides is 1. The summed E-state index contributed by atoms with van der Waals surface area (Å²) in [7, 11) is -0.773. The van der Waals surface area contributed by atoms with Crippen LogP contribution in [0.1, 0.15) is 35.7 Å². The minimum absolute atomic E-state index is 0.0333. The zero-order valence-corrected chi connectivity index (χ0v) is 23.0. The molecule has 0 spiro atoms. The van der Waals surface area contributed by atoms with Gasteiger partial charge in [0, 0.05) is 43.0 Å². The molecule has 0 unspecified atom stereocenters. The Morgan fingerprint density at radius 1 is 1.00 bits per heavy atom. The smallest absolute Gasteiger partial charge is 0.322 e. The van der Waals surface area contributed by atoms with Gasteiger partial charge in [0.25, 0.3) is 5.91 Å². The third-order valence-electron chi connectivity index (χ3n) is 5.18. The Bertz CT molecular complexity index is 1240. The van der Waals surface area contributed by atoms with E-state index in [0.717, 1.165) is 5.56 Å². The van der Waals surface area contributed by atoms with Crippen LogP contribution in [-0.2, 0) is 25.9 Å². The maximum Gasteiger partial charge on any atom is 0.322 e. The predicted molar refractivity (Wildman–Crippen MR) is 141 cm³/mol. The molecule has 37 heavy (non-hydrogen) atoms. The number of nitrogens with zero attached hydrogens (tertiary/aromatic N) is 3. The summed E-state index contributed by atoms with van der Waals surface area (Å²) >= 11 is 1.79. The van der Waals surface area contributed by atoms with E-state index in [1.54, 1.807) is 11.8 Å². The van der Waals surface area contributed by atoms with Crippen molar-refractivity contribution in [2.45, 2.75) is 35.3 Å². The van der Waals surface area contributed by atoms with Gasteiger partial charge in [-0.15, -0.1) is 16.9 Å². The molecular formula is C25H32N4O6S2. The summed E-state index contributed by atoms with van der Waals surface area (Å²) in [5, 5.41) is 11.0. The molecule has 0 aliphatic rings. The van der Waals surface area contributed by atoms with E-state index >= 15 is 0 Å². The number of methoxy groups -OCH3 is 2. The molecule has 1 aromatic heterocycles. The highest BCUT2D eigenvalue weighted by Gasteiger charge is 2.24. The second-order valence-corrected chi connectivity index (χ2v) is 11.9. The monoisotopic (exact) mass is 548 g/mol. The van der Waals surface area contributed by atoms with Gasteiger partial charge in [-0.25, -0.2) is 8.42 Å². The highest BCUT2D eigenvalue weighted by molar-refractivity contribution is 7.99. The molecule has 10 nitrogen and oxygen atoms in total. The molecule has 200 valence electrons. The number of rotatable bonds is 14. The molecule has 0 atom stereocenters. The van der Waals surface area contributed by atoms with E-state index < -0.39 is 15.9 Å². The van der Waals surface area contributed by atoms with Crippen molar-refractivity contribution >= 4 is 33.7 Å². The third kappa shape index (κ3) is 8.37. The third-order valence-corrected chi connectivity index (χ3v) is 8.11. The standard InChI is InChI=1S/C25H32N4O6S2/c1-18(2)36-21-9-5-19(6-10-21)17-23-27-28-25(35-23)26-24(30)20-7-11-22(12-8-20)37(31,32)29(13-15-33-3)14-16-34-4/h5-12,18H,13-17H2,1-4H3,(H,26,28,30). The van der Waals surface area contributed by atoms with Gasteiger partial charge in [-0.3, -0.25) is 10.1 Å². The second kappa shape index (κ2) is 13.7. The van der Waals surface area contributed by atoms with Crippen LogP contribution >= 0.6 is 11.8 Å². The Balaban J connectivity index is 1.62. The fourth-order valence-electron chi connectivity index (χ4n) is 3.34. The van der Waals surface area contributed by atoms with Gasteiger partial charge < -0.3 is 13.9 Å². The minimum atomic E-state index is -3.78. The van der Waals surface area contributed by atoms with E-state index in [2.05, 4.69) is 41.5 Å². The minimum Gasteiger partial charge on any atom is -0.407 e. The number of ether oxygens (including phenoxy) is 2. The number of aromatic nitrogens is 2. The summed E-state index contributed by atoms with van der Waals surface area (Å²) < 4.78 is 42.9. The normalized spacial score (nSPS) is 11.8. The molecule has 0 bridgehead atoms. The van der Waals surface area contributed by atoms with Crippen LogP contribution in [-0.4, -0.2) is 74.6 Å². The predicted octanol–water partition coefficient (Wildman–Crippen LogP) is 3.70. The van der Waals surface area contributed by atoms with Crippen LogP contribution in [0.3, 0.4) is 0 Å². The van der Waals surface area contributed by atoms with Crippen LogP contribution in [0.15, 0.2) is 62.7 Å². The molecule has 12 heteroatoms. The quantitative estimate of drug-likeness (QED) is 0.300. The largest absolute Gasteiger partial charge is 0.407 e. The SMILES string of the molecule is COCCN(CCOC)S(=O)(=O)c1ccc(C(=O)Nc2nnc(Cc3ccc(SC(C)C)cc3)o2)cc1. The molecule has 3 aromatic rings. The van der Waals surface area contributed by atoms with E-state index in [-0.39, 0.29) is 42.8 Å². The molecule has 0 radical (unpaired) electrons. The fraction of sp³-hybridized carbons (Fsp3) is 0.400. The van der Waals surface area contributed by atoms with Gasteiger partial charge >= 0.3 is 6.01 Å². The summed E-state index contributed by atoms with van der Waals surface area (Å²) in [5.74, 6) is -0.127. The molecule has 3 rings (SSSR count). The average Bonchev–Trinajstić information content (AvgIpc) is 3.31. The van der Waals surface area contributed by atoms with Crippen molar-refractivity contribution in [1.82, 2.24) is 14.5 Å². The zero-order valence-electron chi connectivity index (χ0n) is 21.3. The first-order valence-electron chi connectivity index (χ1n) is 11.7. The topological polar surface area (TPSA) is 124 Å². The number of carbonyl (C=O) groups is 1. The van der Waals surface area contributed by atoms with Gasteiger partial charge in [0.15, 0.2) is 0 Å². The summed E-state index contributed by atoms with van der Waals surface area (Å²) in [4.78, 5) is 13.9. The maximum atomic E-state index is 13.0. The summed E-state index contributed by atoms with van der Waals surface area (Å²) in [6, 6.07) is 13.7. The van der Waals surface area contributed by atoms with Crippen molar-refractivity contribution in [2.75, 3.05) is 45.8 Å². The molecule has 0 aliphatic carbocycles. The molecule has 2 aromatic carbocycles. The lowest BCUT2D eigenvalue weighted by Gasteiger charge is -2.21. The number of anilines is 1. The Morgan fingerprint density at radius 3 is 2.19 bits per heavy atom. The fourth-order valence-corrected chi connectivity index (χ4v) is 5.59. The van der Waals surface area contributed by atoms with E-state index in [4.69, 9.17) is 13.9 Å². The zero-order chi connectivity index (χ0) is 26.8. The van der Waals surface area contributed by atoms with E-state index in [0.29, 0.717) is 17.6 Å². The molecule has 1 N–H and O–H groups in total. The lowest BCUT2D eigenvalue weighted by Crippen LogP contribution is -2.36. The van der Waals surface area contributed by atoms with Crippen molar-refractivity contribution in [1.29, 1.82) is 0 Å². The second-order valence-electron chi connectivity index (χ2n) is 8.36. The van der Waals surface area contributed by atoms with Gasteiger partial charge in [-0.1, -0.05) is 31.1 Å². The Morgan fingerprint density at radius 2 is 1.62 bits per heavy atom. The molecule has 1 heterocycles. The van der Waals surface area contributed by atoms with E-state index in [9.17, 15) is 13.2 Å². The Hall–Kier alpha value is -2.77. The average molecular weight is 549 g/mol. The van der Waals surface area contributed by atoms with Gasteiger partial charge in [-0.05, 0) is 42.0 Å². The number of thioether (sulfide) groups is 1. The van der Waals surface area contributed by atoms with Crippen LogP contribution in [0.4, 0.5) is 6.01 Å². The molecule has 0 aliphatic heterocycles.